The van der Waals surface area contributed by atoms with Crippen LogP contribution in [0.25, 0.3) is 10.9 Å². The number of likely N-dealkylation sites (tertiary alicyclic amines) is 1. The van der Waals surface area contributed by atoms with E-state index in [4.69, 9.17) is 0 Å². The van der Waals surface area contributed by atoms with E-state index < -0.39 is 9.84 Å². The number of pyridine rings is 1. The van der Waals surface area contributed by atoms with E-state index in [2.05, 4.69) is 4.98 Å². The third-order valence-electron chi connectivity index (χ3n) is 4.92. The van der Waals surface area contributed by atoms with E-state index >= 15 is 0 Å². The topological polar surface area (TPSA) is 67.3 Å². The number of fused-ring (bicyclic) bond motifs is 1. The Bertz CT molecular complexity index is 1090. The Kier molecular flexibility index (Phi) is 4.66. The summed E-state index contributed by atoms with van der Waals surface area (Å²) in [4.78, 5) is 19.5. The van der Waals surface area contributed by atoms with Crippen LogP contribution >= 0.6 is 0 Å². The average Bonchev–Trinajstić information content (AvgIpc) is 2.73. The molecule has 1 aliphatic rings. The summed E-state index contributed by atoms with van der Waals surface area (Å²) < 4.78 is 26.9. The molecule has 0 saturated carbocycles. The molecule has 0 spiro atoms. The van der Waals surface area contributed by atoms with Gasteiger partial charge in [0.05, 0.1) is 20.9 Å². The summed E-state index contributed by atoms with van der Waals surface area (Å²) in [6.07, 6.45) is 4.38. The van der Waals surface area contributed by atoms with Crippen molar-refractivity contribution in [2.45, 2.75) is 29.1 Å². The van der Waals surface area contributed by atoms with Gasteiger partial charge in [-0.3, -0.25) is 9.78 Å². The van der Waals surface area contributed by atoms with Gasteiger partial charge in [0.1, 0.15) is 0 Å². The molecule has 6 heteroatoms. The highest BCUT2D eigenvalue weighted by atomic mass is 32.2. The molecule has 1 amide bonds. The quantitative estimate of drug-likeness (QED) is 0.695. The standard InChI is InChI=1S/C21H20N2O3S/c24-21(23-13-7-2-8-14-23)18-15-22-19-12-6-5-11-17(19)20(18)27(25,26)16-9-3-1-4-10-16/h1,3-6,9-12,15H,2,7-8,13-14H2. The monoisotopic (exact) mass is 380 g/mol. The Morgan fingerprint density at radius 2 is 1.56 bits per heavy atom. The Labute approximate surface area is 158 Å². The van der Waals surface area contributed by atoms with Crippen LogP contribution in [0, 0.1) is 0 Å². The fourth-order valence-corrected chi connectivity index (χ4v) is 5.19. The number of carbonyl (C=O) groups is 1. The van der Waals surface area contributed by atoms with Crippen LogP contribution in [0.4, 0.5) is 0 Å². The van der Waals surface area contributed by atoms with Crippen molar-refractivity contribution >= 4 is 26.6 Å². The summed E-state index contributed by atoms with van der Waals surface area (Å²) in [5.74, 6) is -0.262. The third kappa shape index (κ3) is 3.21. The Morgan fingerprint density at radius 1 is 0.889 bits per heavy atom. The molecule has 2 heterocycles. The molecule has 138 valence electrons. The van der Waals surface area contributed by atoms with Crippen LogP contribution in [0.15, 0.2) is 70.6 Å². The smallest absolute Gasteiger partial charge is 0.256 e. The number of hydrogen-bond donors (Lipinski definition) is 0. The van der Waals surface area contributed by atoms with E-state index in [0.717, 1.165) is 19.3 Å². The van der Waals surface area contributed by atoms with Crippen LogP contribution in [0.2, 0.25) is 0 Å². The van der Waals surface area contributed by atoms with Crippen molar-refractivity contribution in [2.24, 2.45) is 0 Å². The number of carbonyl (C=O) groups excluding carboxylic acids is 1. The van der Waals surface area contributed by atoms with Gasteiger partial charge in [-0.1, -0.05) is 36.4 Å². The number of aromatic nitrogens is 1. The van der Waals surface area contributed by atoms with Crippen LogP contribution < -0.4 is 0 Å². The number of hydrogen-bond acceptors (Lipinski definition) is 4. The molecule has 0 radical (unpaired) electrons. The van der Waals surface area contributed by atoms with Gasteiger partial charge in [0.15, 0.2) is 0 Å². The number of rotatable bonds is 3. The maximum absolute atomic E-state index is 13.5. The minimum Gasteiger partial charge on any atom is -0.339 e. The van der Waals surface area contributed by atoms with Gasteiger partial charge >= 0.3 is 0 Å². The van der Waals surface area contributed by atoms with Gasteiger partial charge in [0, 0.05) is 24.7 Å². The van der Waals surface area contributed by atoms with Crippen LogP contribution in [0.5, 0.6) is 0 Å². The molecule has 0 N–H and O–H groups in total. The molecule has 5 nitrogen and oxygen atoms in total. The van der Waals surface area contributed by atoms with E-state index in [1.807, 2.05) is 0 Å². The van der Waals surface area contributed by atoms with Crippen molar-refractivity contribution in [2.75, 3.05) is 13.1 Å². The van der Waals surface area contributed by atoms with E-state index in [1.165, 1.54) is 6.20 Å². The predicted octanol–water partition coefficient (Wildman–Crippen LogP) is 3.69. The molecule has 1 fully saturated rings. The minimum atomic E-state index is -3.87. The molecule has 1 aliphatic heterocycles. The molecule has 0 bridgehead atoms. The molecule has 3 aromatic rings. The summed E-state index contributed by atoms with van der Waals surface area (Å²) in [5.41, 5.74) is 0.710. The first-order valence-electron chi connectivity index (χ1n) is 9.06. The van der Waals surface area contributed by atoms with Gasteiger partial charge in [-0.2, -0.15) is 0 Å². The lowest BCUT2D eigenvalue weighted by molar-refractivity contribution is 0.0720. The lowest BCUT2D eigenvalue weighted by Gasteiger charge is -2.27. The van der Waals surface area contributed by atoms with Crippen molar-refractivity contribution in [1.82, 2.24) is 9.88 Å². The van der Waals surface area contributed by atoms with Gasteiger partial charge in [-0.05, 0) is 37.5 Å². The van der Waals surface area contributed by atoms with Crippen molar-refractivity contribution in [1.29, 1.82) is 0 Å². The van der Waals surface area contributed by atoms with Gasteiger partial charge in [-0.25, -0.2) is 8.42 Å². The van der Waals surface area contributed by atoms with Crippen LogP contribution in [0.3, 0.4) is 0 Å². The maximum Gasteiger partial charge on any atom is 0.256 e. The molecule has 0 atom stereocenters. The number of piperidine rings is 1. The summed E-state index contributed by atoms with van der Waals surface area (Å²) in [6.45, 7) is 1.30. The van der Waals surface area contributed by atoms with Gasteiger partial charge in [0.2, 0.25) is 9.84 Å². The molecule has 0 unspecified atom stereocenters. The van der Waals surface area contributed by atoms with Gasteiger partial charge in [-0.15, -0.1) is 0 Å². The maximum atomic E-state index is 13.5. The Hall–Kier alpha value is -2.73. The Balaban J connectivity index is 1.95. The molecule has 0 aliphatic carbocycles. The Morgan fingerprint density at radius 3 is 2.30 bits per heavy atom. The van der Waals surface area contributed by atoms with Crippen molar-refractivity contribution < 1.29 is 13.2 Å². The highest BCUT2D eigenvalue weighted by Gasteiger charge is 2.30. The van der Waals surface area contributed by atoms with Gasteiger partial charge in [0.25, 0.3) is 5.91 Å². The molecule has 27 heavy (non-hydrogen) atoms. The lowest BCUT2D eigenvalue weighted by Crippen LogP contribution is -2.36. The zero-order valence-corrected chi connectivity index (χ0v) is 15.7. The highest BCUT2D eigenvalue weighted by Crippen LogP contribution is 2.31. The van der Waals surface area contributed by atoms with Crippen LogP contribution in [-0.4, -0.2) is 37.3 Å². The number of amides is 1. The summed E-state index contributed by atoms with van der Waals surface area (Å²) in [6, 6.07) is 15.3. The SMILES string of the molecule is O=C(c1cnc2ccccc2c1S(=O)(=O)c1ccccc1)N1CCCCC1. The first kappa shape index (κ1) is 17.7. The summed E-state index contributed by atoms with van der Waals surface area (Å²) in [5, 5.41) is 0.476. The fraction of sp³-hybridized carbons (Fsp3) is 0.238. The second kappa shape index (κ2) is 7.12. The normalized spacial score (nSPS) is 15.0. The second-order valence-corrected chi connectivity index (χ2v) is 8.57. The third-order valence-corrected chi connectivity index (χ3v) is 6.79. The van der Waals surface area contributed by atoms with Crippen LogP contribution in [-0.2, 0) is 9.84 Å². The molecular formula is C21H20N2O3S. The lowest BCUT2D eigenvalue weighted by atomic mass is 10.1. The largest absolute Gasteiger partial charge is 0.339 e. The van der Waals surface area contributed by atoms with Crippen molar-refractivity contribution in [3.63, 3.8) is 0 Å². The van der Waals surface area contributed by atoms with E-state index in [-0.39, 0.29) is 21.3 Å². The summed E-state index contributed by atoms with van der Waals surface area (Å²) in [7, 11) is -3.87. The zero-order valence-electron chi connectivity index (χ0n) is 14.8. The number of sulfone groups is 1. The first-order valence-corrected chi connectivity index (χ1v) is 10.5. The molecule has 1 aromatic heterocycles. The number of benzene rings is 2. The first-order chi connectivity index (χ1) is 13.1. The average molecular weight is 380 g/mol. The zero-order chi connectivity index (χ0) is 18.9. The number of nitrogens with zero attached hydrogens (tertiary/aromatic N) is 2. The fourth-order valence-electron chi connectivity index (χ4n) is 3.54. The van der Waals surface area contributed by atoms with Crippen molar-refractivity contribution in [3.05, 3.63) is 66.4 Å². The minimum absolute atomic E-state index is 0.0508. The summed E-state index contributed by atoms with van der Waals surface area (Å²) >= 11 is 0. The highest BCUT2D eigenvalue weighted by molar-refractivity contribution is 7.91. The number of para-hydroxylation sites is 1. The second-order valence-electron chi connectivity index (χ2n) is 6.69. The van der Waals surface area contributed by atoms with Crippen LogP contribution in [0.1, 0.15) is 29.6 Å². The molecular weight excluding hydrogens is 360 g/mol. The molecule has 1 saturated heterocycles. The van der Waals surface area contributed by atoms with Crippen molar-refractivity contribution in [3.8, 4) is 0 Å². The van der Waals surface area contributed by atoms with E-state index in [9.17, 15) is 13.2 Å². The molecule has 4 rings (SSSR count). The molecule has 2 aromatic carbocycles. The van der Waals surface area contributed by atoms with E-state index in [0.29, 0.717) is 24.0 Å². The van der Waals surface area contributed by atoms with Gasteiger partial charge < -0.3 is 4.90 Å². The predicted molar refractivity (Wildman–Crippen MR) is 103 cm³/mol. The van der Waals surface area contributed by atoms with E-state index in [1.54, 1.807) is 59.5 Å².